The first-order valence-electron chi connectivity index (χ1n) is 10.2. The third kappa shape index (κ3) is 5.78. The SMILES string of the molecule is CNC(=O)C1CN(Cc2ccccc2)CCN1CC(=O)NC1CCCCC1. The Morgan fingerprint density at radius 2 is 1.81 bits per heavy atom. The zero-order valence-electron chi connectivity index (χ0n) is 16.3. The molecule has 0 spiro atoms. The highest BCUT2D eigenvalue weighted by molar-refractivity contribution is 5.84. The van der Waals surface area contributed by atoms with E-state index < -0.39 is 0 Å². The summed E-state index contributed by atoms with van der Waals surface area (Å²) >= 11 is 0. The smallest absolute Gasteiger partial charge is 0.238 e. The third-order valence-electron chi connectivity index (χ3n) is 5.69. The monoisotopic (exact) mass is 372 g/mol. The molecule has 1 saturated carbocycles. The molecule has 0 radical (unpaired) electrons. The van der Waals surface area contributed by atoms with Crippen molar-refractivity contribution in [2.24, 2.45) is 0 Å². The van der Waals surface area contributed by atoms with Crippen LogP contribution in [0.1, 0.15) is 37.7 Å². The summed E-state index contributed by atoms with van der Waals surface area (Å²) in [5.41, 5.74) is 1.25. The lowest BCUT2D eigenvalue weighted by Crippen LogP contribution is -2.60. The summed E-state index contributed by atoms with van der Waals surface area (Å²) in [6.45, 7) is 3.36. The summed E-state index contributed by atoms with van der Waals surface area (Å²) in [4.78, 5) is 29.3. The van der Waals surface area contributed by atoms with Crippen LogP contribution in [0.2, 0.25) is 0 Å². The number of nitrogens with zero attached hydrogens (tertiary/aromatic N) is 2. The third-order valence-corrected chi connectivity index (χ3v) is 5.69. The predicted octanol–water partition coefficient (Wildman–Crippen LogP) is 1.37. The molecule has 1 aliphatic heterocycles. The van der Waals surface area contributed by atoms with Gasteiger partial charge in [0.15, 0.2) is 0 Å². The number of nitrogens with one attached hydrogen (secondary N) is 2. The lowest BCUT2D eigenvalue weighted by Gasteiger charge is -2.40. The van der Waals surface area contributed by atoms with Crippen LogP contribution in [0.15, 0.2) is 30.3 Å². The zero-order chi connectivity index (χ0) is 19.1. The molecule has 2 fully saturated rings. The molecule has 3 rings (SSSR count). The zero-order valence-corrected chi connectivity index (χ0v) is 16.3. The summed E-state index contributed by atoms with van der Waals surface area (Å²) in [6, 6.07) is 10.3. The molecular formula is C21H32N4O2. The highest BCUT2D eigenvalue weighted by atomic mass is 16.2. The van der Waals surface area contributed by atoms with Crippen molar-refractivity contribution >= 4 is 11.8 Å². The van der Waals surface area contributed by atoms with Gasteiger partial charge in [0, 0.05) is 39.3 Å². The Morgan fingerprint density at radius 3 is 2.52 bits per heavy atom. The summed E-state index contributed by atoms with van der Waals surface area (Å²) in [6.07, 6.45) is 5.83. The lowest BCUT2D eigenvalue weighted by molar-refractivity contribution is -0.131. The Morgan fingerprint density at radius 1 is 1.07 bits per heavy atom. The normalized spacial score (nSPS) is 22.3. The van der Waals surface area contributed by atoms with E-state index in [0.717, 1.165) is 32.5 Å². The first-order valence-corrected chi connectivity index (χ1v) is 10.2. The van der Waals surface area contributed by atoms with E-state index >= 15 is 0 Å². The van der Waals surface area contributed by atoms with E-state index in [9.17, 15) is 9.59 Å². The van der Waals surface area contributed by atoms with E-state index in [1.54, 1.807) is 7.05 Å². The number of rotatable bonds is 6. The molecule has 27 heavy (non-hydrogen) atoms. The van der Waals surface area contributed by atoms with Gasteiger partial charge in [0.25, 0.3) is 0 Å². The molecule has 0 bridgehead atoms. The van der Waals surface area contributed by atoms with Crippen LogP contribution in [0.3, 0.4) is 0 Å². The fraction of sp³-hybridized carbons (Fsp3) is 0.619. The highest BCUT2D eigenvalue weighted by Crippen LogP contribution is 2.18. The minimum Gasteiger partial charge on any atom is -0.358 e. The summed E-state index contributed by atoms with van der Waals surface area (Å²) < 4.78 is 0. The van der Waals surface area contributed by atoms with Gasteiger partial charge < -0.3 is 10.6 Å². The molecule has 1 unspecified atom stereocenters. The molecule has 1 heterocycles. The number of carbonyl (C=O) groups excluding carboxylic acids is 2. The van der Waals surface area contributed by atoms with E-state index in [-0.39, 0.29) is 17.9 Å². The van der Waals surface area contributed by atoms with Crippen LogP contribution in [0.5, 0.6) is 0 Å². The Hall–Kier alpha value is -1.92. The maximum atomic E-state index is 12.5. The Kier molecular flexibility index (Phi) is 7.24. The predicted molar refractivity (Wildman–Crippen MR) is 106 cm³/mol. The molecule has 2 aliphatic rings. The first-order chi connectivity index (χ1) is 13.2. The highest BCUT2D eigenvalue weighted by Gasteiger charge is 2.33. The molecule has 1 aromatic carbocycles. The number of amides is 2. The second kappa shape index (κ2) is 9.85. The summed E-state index contributed by atoms with van der Waals surface area (Å²) in [5.74, 6) is 0.0329. The van der Waals surface area contributed by atoms with Crippen molar-refractivity contribution in [3.05, 3.63) is 35.9 Å². The molecule has 1 saturated heterocycles. The van der Waals surface area contributed by atoms with Crippen molar-refractivity contribution in [3.63, 3.8) is 0 Å². The van der Waals surface area contributed by atoms with Gasteiger partial charge >= 0.3 is 0 Å². The fourth-order valence-electron chi connectivity index (χ4n) is 4.17. The van der Waals surface area contributed by atoms with Crippen LogP contribution in [0.4, 0.5) is 0 Å². The van der Waals surface area contributed by atoms with Gasteiger partial charge in [-0.05, 0) is 18.4 Å². The van der Waals surface area contributed by atoms with Gasteiger partial charge in [0.1, 0.15) is 6.04 Å². The average molecular weight is 373 g/mol. The maximum Gasteiger partial charge on any atom is 0.238 e. The van der Waals surface area contributed by atoms with Gasteiger partial charge in [0.2, 0.25) is 11.8 Å². The van der Waals surface area contributed by atoms with Gasteiger partial charge in [-0.15, -0.1) is 0 Å². The van der Waals surface area contributed by atoms with Crippen molar-refractivity contribution in [2.75, 3.05) is 33.2 Å². The molecule has 6 nitrogen and oxygen atoms in total. The van der Waals surface area contributed by atoms with E-state index in [1.165, 1.54) is 24.8 Å². The molecular weight excluding hydrogens is 340 g/mol. The quantitative estimate of drug-likeness (QED) is 0.792. The minimum atomic E-state index is -0.287. The largest absolute Gasteiger partial charge is 0.358 e. The van der Waals surface area contributed by atoms with Crippen LogP contribution >= 0.6 is 0 Å². The van der Waals surface area contributed by atoms with E-state index in [1.807, 2.05) is 23.1 Å². The van der Waals surface area contributed by atoms with E-state index in [0.29, 0.717) is 19.1 Å². The Bertz CT molecular complexity index is 616. The molecule has 1 aromatic rings. The second-order valence-electron chi connectivity index (χ2n) is 7.72. The molecule has 148 valence electrons. The van der Waals surface area contributed by atoms with Crippen LogP contribution < -0.4 is 10.6 Å². The van der Waals surface area contributed by atoms with Crippen LogP contribution in [-0.4, -0.2) is 66.9 Å². The Balaban J connectivity index is 1.56. The number of hydrogen-bond donors (Lipinski definition) is 2. The number of likely N-dealkylation sites (N-methyl/N-ethyl adjacent to an activating group) is 1. The number of benzene rings is 1. The molecule has 6 heteroatoms. The van der Waals surface area contributed by atoms with Crippen molar-refractivity contribution in [3.8, 4) is 0 Å². The van der Waals surface area contributed by atoms with Crippen LogP contribution in [0.25, 0.3) is 0 Å². The summed E-state index contributed by atoms with van der Waals surface area (Å²) in [7, 11) is 1.67. The molecule has 0 aromatic heterocycles. The maximum absolute atomic E-state index is 12.5. The number of hydrogen-bond acceptors (Lipinski definition) is 4. The topological polar surface area (TPSA) is 64.7 Å². The van der Waals surface area contributed by atoms with Crippen molar-refractivity contribution in [1.29, 1.82) is 0 Å². The first kappa shape index (κ1) is 19.8. The minimum absolute atomic E-state index is 0.0155. The van der Waals surface area contributed by atoms with Gasteiger partial charge in [-0.3, -0.25) is 19.4 Å². The van der Waals surface area contributed by atoms with Crippen molar-refractivity contribution in [1.82, 2.24) is 20.4 Å². The average Bonchev–Trinajstić information content (AvgIpc) is 2.70. The van der Waals surface area contributed by atoms with Crippen molar-refractivity contribution in [2.45, 2.75) is 50.7 Å². The van der Waals surface area contributed by atoms with Crippen molar-refractivity contribution < 1.29 is 9.59 Å². The summed E-state index contributed by atoms with van der Waals surface area (Å²) in [5, 5.41) is 5.93. The molecule has 2 amide bonds. The Labute approximate surface area is 162 Å². The van der Waals surface area contributed by atoms with E-state index in [4.69, 9.17) is 0 Å². The molecule has 1 atom stereocenters. The van der Waals surface area contributed by atoms with Crippen LogP contribution in [0, 0.1) is 0 Å². The lowest BCUT2D eigenvalue weighted by atomic mass is 9.95. The van der Waals surface area contributed by atoms with E-state index in [2.05, 4.69) is 27.7 Å². The molecule has 1 aliphatic carbocycles. The van der Waals surface area contributed by atoms with Gasteiger partial charge in [0.05, 0.1) is 6.54 Å². The number of piperazine rings is 1. The fourth-order valence-corrected chi connectivity index (χ4v) is 4.17. The second-order valence-corrected chi connectivity index (χ2v) is 7.72. The standard InChI is InChI=1S/C21H32N4O2/c1-22-21(27)19-15-24(14-17-8-4-2-5-9-17)12-13-25(19)16-20(26)23-18-10-6-3-7-11-18/h2,4-5,8-9,18-19H,3,6-7,10-16H2,1H3,(H,22,27)(H,23,26). The van der Waals surface area contributed by atoms with Crippen LogP contribution in [-0.2, 0) is 16.1 Å². The van der Waals surface area contributed by atoms with Gasteiger partial charge in [-0.2, -0.15) is 0 Å². The molecule has 2 N–H and O–H groups in total. The van der Waals surface area contributed by atoms with Gasteiger partial charge in [-0.1, -0.05) is 49.6 Å². The number of carbonyl (C=O) groups is 2. The van der Waals surface area contributed by atoms with Gasteiger partial charge in [-0.25, -0.2) is 0 Å².